The van der Waals surface area contributed by atoms with Crippen molar-refractivity contribution in [3.05, 3.63) is 58.6 Å². The number of likely N-dealkylation sites (tertiary alicyclic amines) is 1. The second kappa shape index (κ2) is 7.59. The van der Waals surface area contributed by atoms with Gasteiger partial charge in [-0.15, -0.1) is 4.40 Å². The number of amidine groups is 1. The molecule has 2 aromatic rings. The molecule has 8 heteroatoms. The summed E-state index contributed by atoms with van der Waals surface area (Å²) in [6.45, 7) is 0.815. The average molecular weight is 436 g/mol. The van der Waals surface area contributed by atoms with E-state index in [0.29, 0.717) is 23.5 Å². The summed E-state index contributed by atoms with van der Waals surface area (Å²) in [5.74, 6) is 0.318. The fraction of sp³-hybridized carbons (Fsp3) is 0.222. The number of rotatable bonds is 4. The summed E-state index contributed by atoms with van der Waals surface area (Å²) in [7, 11) is -1.91. The van der Waals surface area contributed by atoms with E-state index < -0.39 is 10.0 Å². The predicted octanol–water partition coefficient (Wildman–Crippen LogP) is 3.51. The van der Waals surface area contributed by atoms with Crippen molar-refractivity contribution in [3.63, 3.8) is 0 Å². The van der Waals surface area contributed by atoms with Crippen molar-refractivity contribution in [2.24, 2.45) is 4.40 Å². The molecule has 0 saturated carbocycles. The summed E-state index contributed by atoms with van der Waals surface area (Å²) in [5.41, 5.74) is 1.03. The van der Waals surface area contributed by atoms with Gasteiger partial charge in [-0.1, -0.05) is 15.9 Å². The van der Waals surface area contributed by atoms with Crippen LogP contribution in [0.5, 0.6) is 0 Å². The third-order valence-corrected chi connectivity index (χ3v) is 5.92. The molecule has 0 atom stereocenters. The number of sulfonamides is 1. The molecule has 1 saturated heterocycles. The molecule has 136 valence electrons. The van der Waals surface area contributed by atoms with Crippen molar-refractivity contribution in [1.29, 1.82) is 0 Å². The third-order valence-electron chi connectivity index (χ3n) is 4.08. The minimum absolute atomic E-state index is 0.104. The zero-order valence-electron chi connectivity index (χ0n) is 14.1. The lowest BCUT2D eigenvalue weighted by atomic mass is 10.2. The summed E-state index contributed by atoms with van der Waals surface area (Å²) in [4.78, 5) is 14.2. The normalized spacial score (nSPS) is 16.1. The molecule has 1 aliphatic heterocycles. The SMILES string of the molecule is CN1CCC/C1=N/S(=O)(=O)c1ccc(NC(=O)c2ccc(Br)cc2)cc1. The zero-order valence-corrected chi connectivity index (χ0v) is 16.5. The molecule has 6 nitrogen and oxygen atoms in total. The number of hydrogen-bond acceptors (Lipinski definition) is 3. The second-order valence-corrected chi connectivity index (χ2v) is 8.51. The van der Waals surface area contributed by atoms with E-state index in [1.165, 1.54) is 12.1 Å². The molecule has 1 amide bonds. The Morgan fingerprint density at radius 2 is 1.77 bits per heavy atom. The Morgan fingerprint density at radius 3 is 2.35 bits per heavy atom. The Labute approximate surface area is 161 Å². The molecule has 1 heterocycles. The van der Waals surface area contributed by atoms with Crippen LogP contribution in [0.3, 0.4) is 0 Å². The van der Waals surface area contributed by atoms with E-state index >= 15 is 0 Å². The number of carbonyl (C=O) groups is 1. The van der Waals surface area contributed by atoms with Gasteiger partial charge in [-0.05, 0) is 55.0 Å². The molecule has 0 bridgehead atoms. The summed E-state index contributed by atoms with van der Waals surface area (Å²) < 4.78 is 29.6. The van der Waals surface area contributed by atoms with Gasteiger partial charge in [0.15, 0.2) is 0 Å². The molecule has 2 aromatic carbocycles. The summed E-state index contributed by atoms with van der Waals surface area (Å²) in [6.07, 6.45) is 1.57. The van der Waals surface area contributed by atoms with Crippen molar-refractivity contribution in [2.45, 2.75) is 17.7 Å². The van der Waals surface area contributed by atoms with E-state index in [4.69, 9.17) is 0 Å². The van der Waals surface area contributed by atoms with Crippen LogP contribution >= 0.6 is 15.9 Å². The van der Waals surface area contributed by atoms with Gasteiger partial charge >= 0.3 is 0 Å². The van der Waals surface area contributed by atoms with Crippen molar-refractivity contribution in [3.8, 4) is 0 Å². The summed E-state index contributed by atoms with van der Waals surface area (Å²) >= 11 is 3.32. The Bertz CT molecular complexity index is 939. The molecule has 0 aliphatic carbocycles. The molecule has 0 unspecified atom stereocenters. The van der Waals surface area contributed by atoms with E-state index in [1.54, 1.807) is 36.4 Å². The monoisotopic (exact) mass is 435 g/mol. The number of anilines is 1. The van der Waals surface area contributed by atoms with Gasteiger partial charge in [-0.2, -0.15) is 8.42 Å². The maximum Gasteiger partial charge on any atom is 0.283 e. The summed E-state index contributed by atoms with van der Waals surface area (Å²) in [6, 6.07) is 13.0. The first kappa shape index (κ1) is 18.6. The Morgan fingerprint density at radius 1 is 1.12 bits per heavy atom. The standard InChI is InChI=1S/C18H18BrN3O3S/c1-22-12-2-3-17(22)21-26(24,25)16-10-8-15(9-11-16)20-18(23)13-4-6-14(19)7-5-13/h4-11H,2-3,12H2,1H3,(H,20,23)/b21-17-. The number of halogens is 1. The topological polar surface area (TPSA) is 78.8 Å². The van der Waals surface area contributed by atoms with Crippen LogP contribution in [-0.2, 0) is 10.0 Å². The van der Waals surface area contributed by atoms with Gasteiger partial charge in [0.05, 0.1) is 4.90 Å². The van der Waals surface area contributed by atoms with Crippen molar-refractivity contribution < 1.29 is 13.2 Å². The smallest absolute Gasteiger partial charge is 0.283 e. The van der Waals surface area contributed by atoms with E-state index in [-0.39, 0.29) is 10.8 Å². The highest BCUT2D eigenvalue weighted by Crippen LogP contribution is 2.20. The van der Waals surface area contributed by atoms with E-state index in [1.807, 2.05) is 11.9 Å². The third kappa shape index (κ3) is 4.31. The van der Waals surface area contributed by atoms with Gasteiger partial charge in [-0.25, -0.2) is 0 Å². The van der Waals surface area contributed by atoms with Gasteiger partial charge < -0.3 is 10.2 Å². The van der Waals surface area contributed by atoms with Crippen LogP contribution < -0.4 is 5.32 Å². The minimum Gasteiger partial charge on any atom is -0.362 e. The second-order valence-electron chi connectivity index (χ2n) is 5.99. The molecule has 0 aromatic heterocycles. The molecule has 3 rings (SSSR count). The van der Waals surface area contributed by atoms with E-state index in [9.17, 15) is 13.2 Å². The quantitative estimate of drug-likeness (QED) is 0.796. The van der Waals surface area contributed by atoms with E-state index in [2.05, 4.69) is 25.6 Å². The number of carbonyl (C=O) groups excluding carboxylic acids is 1. The maximum atomic E-state index is 12.4. The minimum atomic E-state index is -3.75. The molecule has 26 heavy (non-hydrogen) atoms. The highest BCUT2D eigenvalue weighted by Gasteiger charge is 2.20. The fourth-order valence-electron chi connectivity index (χ4n) is 2.62. The van der Waals surface area contributed by atoms with Gasteiger partial charge in [0.2, 0.25) is 0 Å². The molecule has 1 N–H and O–H groups in total. The van der Waals surface area contributed by atoms with Gasteiger partial charge in [0.25, 0.3) is 15.9 Å². The first-order valence-electron chi connectivity index (χ1n) is 8.07. The van der Waals surface area contributed by atoms with Gasteiger partial charge in [0, 0.05) is 35.7 Å². The number of benzene rings is 2. The lowest BCUT2D eigenvalue weighted by Gasteiger charge is -2.11. The van der Waals surface area contributed by atoms with Crippen LogP contribution in [0.15, 0.2) is 62.3 Å². The van der Waals surface area contributed by atoms with Crippen molar-refractivity contribution in [1.82, 2.24) is 4.90 Å². The number of hydrogen-bond donors (Lipinski definition) is 1. The highest BCUT2D eigenvalue weighted by molar-refractivity contribution is 9.10. The Balaban J connectivity index is 1.74. The van der Waals surface area contributed by atoms with Crippen LogP contribution in [-0.4, -0.2) is 38.7 Å². The first-order chi connectivity index (χ1) is 12.3. The fourth-order valence-corrected chi connectivity index (χ4v) is 3.97. The predicted molar refractivity (Wildman–Crippen MR) is 105 cm³/mol. The van der Waals surface area contributed by atoms with E-state index in [0.717, 1.165) is 17.4 Å². The molecular weight excluding hydrogens is 418 g/mol. The lowest BCUT2D eigenvalue weighted by Crippen LogP contribution is -2.20. The van der Waals surface area contributed by atoms with Crippen molar-refractivity contribution >= 4 is 43.4 Å². The Hall–Kier alpha value is -2.19. The Kier molecular flexibility index (Phi) is 5.43. The van der Waals surface area contributed by atoms with Crippen LogP contribution in [0.25, 0.3) is 0 Å². The number of amides is 1. The molecule has 0 radical (unpaired) electrons. The van der Waals surface area contributed by atoms with Gasteiger partial charge in [-0.3, -0.25) is 4.79 Å². The molecule has 0 spiro atoms. The number of nitrogens with zero attached hydrogens (tertiary/aromatic N) is 2. The summed E-state index contributed by atoms with van der Waals surface area (Å²) in [5, 5.41) is 2.74. The first-order valence-corrected chi connectivity index (χ1v) is 10.3. The molecule has 1 aliphatic rings. The van der Waals surface area contributed by atoms with Crippen LogP contribution in [0.4, 0.5) is 5.69 Å². The van der Waals surface area contributed by atoms with Crippen molar-refractivity contribution in [2.75, 3.05) is 18.9 Å². The lowest BCUT2D eigenvalue weighted by molar-refractivity contribution is 0.102. The maximum absolute atomic E-state index is 12.4. The molecular formula is C18H18BrN3O3S. The van der Waals surface area contributed by atoms with Gasteiger partial charge in [0.1, 0.15) is 5.84 Å². The largest absolute Gasteiger partial charge is 0.362 e. The van der Waals surface area contributed by atoms with Crippen LogP contribution in [0, 0.1) is 0 Å². The van der Waals surface area contributed by atoms with Crippen LogP contribution in [0.2, 0.25) is 0 Å². The van der Waals surface area contributed by atoms with Crippen LogP contribution in [0.1, 0.15) is 23.2 Å². The zero-order chi connectivity index (χ0) is 18.7. The number of nitrogens with one attached hydrogen (secondary N) is 1. The average Bonchev–Trinajstić information content (AvgIpc) is 3.00. The highest BCUT2D eigenvalue weighted by atomic mass is 79.9. The molecule has 1 fully saturated rings.